The number of rotatable bonds is 7. The van der Waals surface area contributed by atoms with Crippen LogP contribution >= 0.6 is 11.6 Å². The van der Waals surface area contributed by atoms with E-state index < -0.39 is 0 Å². The molecule has 0 unspecified atom stereocenters. The predicted octanol–water partition coefficient (Wildman–Crippen LogP) is 3.90. The van der Waals surface area contributed by atoms with Gasteiger partial charge in [0.05, 0.1) is 30.6 Å². The molecule has 2 aliphatic rings. The molecule has 0 bridgehead atoms. The number of hydrogen-bond acceptors (Lipinski definition) is 7. The van der Waals surface area contributed by atoms with E-state index in [2.05, 4.69) is 25.9 Å². The van der Waals surface area contributed by atoms with Gasteiger partial charge in [-0.15, -0.1) is 0 Å². The Morgan fingerprint density at radius 2 is 2.09 bits per heavy atom. The second-order valence-corrected chi connectivity index (χ2v) is 8.96. The van der Waals surface area contributed by atoms with Gasteiger partial charge in [-0.2, -0.15) is 4.98 Å². The van der Waals surface area contributed by atoms with Crippen molar-refractivity contribution in [1.82, 2.24) is 15.3 Å². The molecule has 4 rings (SSSR count). The Kier molecular flexibility index (Phi) is 7.41. The van der Waals surface area contributed by atoms with Gasteiger partial charge in [0.2, 0.25) is 17.8 Å². The molecular weight excluding hydrogens is 456 g/mol. The van der Waals surface area contributed by atoms with Crippen LogP contribution in [0.1, 0.15) is 44.6 Å². The lowest BCUT2D eigenvalue weighted by Gasteiger charge is -2.24. The van der Waals surface area contributed by atoms with Crippen LogP contribution in [0.25, 0.3) is 0 Å². The molecule has 1 aromatic heterocycles. The highest BCUT2D eigenvalue weighted by Crippen LogP contribution is 2.40. The molecule has 2 amide bonds. The number of amides is 2. The molecule has 0 spiro atoms. The van der Waals surface area contributed by atoms with E-state index in [4.69, 9.17) is 16.3 Å². The summed E-state index contributed by atoms with van der Waals surface area (Å²) >= 11 is 6.38. The first kappa shape index (κ1) is 24.1. The number of methoxy groups -OCH3 is 1. The Labute approximate surface area is 204 Å². The van der Waals surface area contributed by atoms with Crippen LogP contribution in [0.2, 0.25) is 5.02 Å². The first-order valence-corrected chi connectivity index (χ1v) is 12.1. The summed E-state index contributed by atoms with van der Waals surface area (Å²) < 4.78 is 5.77. The monoisotopic (exact) mass is 486 g/mol. The summed E-state index contributed by atoms with van der Waals surface area (Å²) in [5.74, 6) is 1.54. The molecule has 1 aliphatic heterocycles. The maximum Gasteiger partial charge on any atom is 0.229 e. The topological polar surface area (TPSA) is 108 Å². The molecule has 182 valence electrons. The van der Waals surface area contributed by atoms with Gasteiger partial charge in [-0.1, -0.05) is 18.0 Å². The zero-order valence-electron chi connectivity index (χ0n) is 19.8. The number of carbonyl (C=O) groups excluding carboxylic acids is 2. The second-order valence-electron chi connectivity index (χ2n) is 8.55. The minimum Gasteiger partial charge on any atom is -0.494 e. The summed E-state index contributed by atoms with van der Waals surface area (Å²) in [6, 6.07) is 3.77. The molecule has 3 N–H and O–H groups in total. The summed E-state index contributed by atoms with van der Waals surface area (Å²) in [6.45, 7) is 2.58. The number of halogens is 1. The maximum atomic E-state index is 12.5. The quantitative estimate of drug-likeness (QED) is 0.544. The van der Waals surface area contributed by atoms with Gasteiger partial charge in [-0.3, -0.25) is 9.59 Å². The maximum absolute atomic E-state index is 12.5. The smallest absolute Gasteiger partial charge is 0.229 e. The molecule has 1 aromatic carbocycles. The van der Waals surface area contributed by atoms with E-state index in [0.29, 0.717) is 41.2 Å². The highest BCUT2D eigenvalue weighted by atomic mass is 35.5. The third kappa shape index (κ3) is 4.75. The number of anilines is 4. The molecule has 1 saturated carbocycles. The minimum absolute atomic E-state index is 0.0212. The van der Waals surface area contributed by atoms with Gasteiger partial charge in [0, 0.05) is 31.6 Å². The summed E-state index contributed by atoms with van der Waals surface area (Å²) in [6.07, 6.45) is 6.22. The zero-order chi connectivity index (χ0) is 24.2. The molecule has 9 nitrogen and oxygen atoms in total. The minimum atomic E-state index is -0.124. The molecule has 2 heterocycles. The van der Waals surface area contributed by atoms with E-state index in [1.165, 1.54) is 6.20 Å². The lowest BCUT2D eigenvalue weighted by molar-refractivity contribution is -0.124. The lowest BCUT2D eigenvalue weighted by Crippen LogP contribution is -2.36. The zero-order valence-corrected chi connectivity index (χ0v) is 20.5. The van der Waals surface area contributed by atoms with Crippen LogP contribution in [0.4, 0.5) is 23.1 Å². The number of benzene rings is 1. The molecule has 0 saturated heterocycles. The van der Waals surface area contributed by atoms with E-state index in [1.807, 2.05) is 19.1 Å². The first-order chi connectivity index (χ1) is 16.5. The highest BCUT2D eigenvalue weighted by Gasteiger charge is 2.33. The third-order valence-electron chi connectivity index (χ3n) is 6.58. The van der Waals surface area contributed by atoms with Crippen LogP contribution in [0.3, 0.4) is 0 Å². The van der Waals surface area contributed by atoms with E-state index in [9.17, 15) is 9.59 Å². The Morgan fingerprint density at radius 3 is 2.82 bits per heavy atom. The molecule has 1 aliphatic carbocycles. The normalized spacial score (nSPS) is 19.9. The van der Waals surface area contributed by atoms with Gasteiger partial charge >= 0.3 is 0 Å². The average Bonchev–Trinajstić information content (AvgIpc) is 3.23. The van der Waals surface area contributed by atoms with Gasteiger partial charge < -0.3 is 25.6 Å². The lowest BCUT2D eigenvalue weighted by atomic mass is 10.0. The van der Waals surface area contributed by atoms with Crippen molar-refractivity contribution in [2.45, 2.75) is 51.5 Å². The Bertz CT molecular complexity index is 1080. The number of ether oxygens (including phenoxy) is 1. The number of aromatic nitrogens is 2. The van der Waals surface area contributed by atoms with Crippen LogP contribution in [0, 0.1) is 5.92 Å². The fraction of sp³-hybridized carbons (Fsp3) is 0.500. The molecule has 10 heteroatoms. The van der Waals surface area contributed by atoms with Crippen molar-refractivity contribution in [3.05, 3.63) is 28.9 Å². The first-order valence-electron chi connectivity index (χ1n) is 11.7. The van der Waals surface area contributed by atoms with E-state index in [1.54, 1.807) is 19.1 Å². The third-order valence-corrected chi connectivity index (χ3v) is 6.85. The predicted molar refractivity (Wildman–Crippen MR) is 133 cm³/mol. The van der Waals surface area contributed by atoms with Crippen molar-refractivity contribution in [1.29, 1.82) is 0 Å². The molecule has 34 heavy (non-hydrogen) atoms. The second kappa shape index (κ2) is 10.5. The number of nitrogens with zero attached hydrogens (tertiary/aromatic N) is 3. The Hall–Kier alpha value is -3.07. The van der Waals surface area contributed by atoms with Gasteiger partial charge in [-0.25, -0.2) is 4.98 Å². The standard InChI is InChI=1S/C24H31ClN6O3/c1-4-31-19-12-11-18(21(34-3)15(19)8-6-10-20(31)32)29-24-27-13-16(25)22(30-24)28-17-9-5-7-14(17)23(33)26-2/h11-14,17H,4-10H2,1-3H3,(H,26,33)(H2,27,28,29,30)/t14-,17+/m0/s1. The highest BCUT2D eigenvalue weighted by molar-refractivity contribution is 6.32. The summed E-state index contributed by atoms with van der Waals surface area (Å²) in [5.41, 5.74) is 2.59. The summed E-state index contributed by atoms with van der Waals surface area (Å²) in [7, 11) is 3.28. The van der Waals surface area contributed by atoms with Crippen molar-refractivity contribution in [2.24, 2.45) is 5.92 Å². The molecular formula is C24H31ClN6O3. The molecule has 2 aromatic rings. The average molecular weight is 487 g/mol. The van der Waals surface area contributed by atoms with Gasteiger partial charge in [-0.05, 0) is 44.7 Å². The Balaban J connectivity index is 1.60. The van der Waals surface area contributed by atoms with Crippen molar-refractivity contribution in [2.75, 3.05) is 36.2 Å². The summed E-state index contributed by atoms with van der Waals surface area (Å²) in [5, 5.41) is 9.72. The Morgan fingerprint density at radius 1 is 1.26 bits per heavy atom. The molecule has 1 fully saturated rings. The number of nitrogens with one attached hydrogen (secondary N) is 3. The van der Waals surface area contributed by atoms with Gasteiger partial charge in [0.15, 0.2) is 5.82 Å². The SMILES string of the molecule is CCN1C(=O)CCCc2c1ccc(Nc1ncc(Cl)c(N[C@@H]3CCC[C@@H]3C(=O)NC)n1)c2OC. The molecule has 0 radical (unpaired) electrons. The van der Waals surface area contributed by atoms with Crippen molar-refractivity contribution < 1.29 is 14.3 Å². The van der Waals surface area contributed by atoms with Crippen molar-refractivity contribution in [3.8, 4) is 5.75 Å². The van der Waals surface area contributed by atoms with Gasteiger partial charge in [0.25, 0.3) is 0 Å². The number of hydrogen-bond donors (Lipinski definition) is 3. The van der Waals surface area contributed by atoms with Crippen molar-refractivity contribution in [3.63, 3.8) is 0 Å². The van der Waals surface area contributed by atoms with E-state index in [0.717, 1.165) is 43.4 Å². The van der Waals surface area contributed by atoms with Crippen LogP contribution in [0.5, 0.6) is 5.75 Å². The van der Waals surface area contributed by atoms with E-state index in [-0.39, 0.29) is 23.8 Å². The van der Waals surface area contributed by atoms with Crippen LogP contribution < -0.4 is 25.6 Å². The van der Waals surface area contributed by atoms with Crippen LogP contribution in [-0.2, 0) is 16.0 Å². The fourth-order valence-electron chi connectivity index (χ4n) is 4.93. The number of fused-ring (bicyclic) bond motifs is 1. The van der Waals surface area contributed by atoms with Gasteiger partial charge in [0.1, 0.15) is 10.8 Å². The van der Waals surface area contributed by atoms with Crippen LogP contribution in [-0.4, -0.2) is 48.5 Å². The fourth-order valence-corrected chi connectivity index (χ4v) is 5.08. The number of carbonyl (C=O) groups is 2. The largest absolute Gasteiger partial charge is 0.494 e. The van der Waals surface area contributed by atoms with Crippen molar-refractivity contribution >= 4 is 46.6 Å². The molecule has 2 atom stereocenters. The van der Waals surface area contributed by atoms with E-state index >= 15 is 0 Å². The van der Waals surface area contributed by atoms with Crippen LogP contribution in [0.15, 0.2) is 18.3 Å². The summed E-state index contributed by atoms with van der Waals surface area (Å²) in [4.78, 5) is 35.4.